The SMILES string of the molecule is COC1CN(CC(Br)C(F)(F)F)CCC1C. The normalized spacial score (nSPS) is 30.4. The second-order valence-electron chi connectivity index (χ2n) is 4.31. The van der Waals surface area contributed by atoms with E-state index in [4.69, 9.17) is 4.74 Å². The molecule has 0 N–H and O–H groups in total. The fraction of sp³-hybridized carbons (Fsp3) is 1.00. The number of ether oxygens (including phenoxy) is 1. The van der Waals surface area contributed by atoms with E-state index in [-0.39, 0.29) is 12.6 Å². The maximum Gasteiger partial charge on any atom is 0.402 e. The Labute approximate surface area is 102 Å². The van der Waals surface area contributed by atoms with Gasteiger partial charge in [0.15, 0.2) is 0 Å². The standard InChI is InChI=1S/C10H17BrF3NO/c1-7-3-4-15(5-8(7)16-2)6-9(11)10(12,13)14/h7-9H,3-6H2,1-2H3. The van der Waals surface area contributed by atoms with Crippen molar-refractivity contribution in [3.8, 4) is 0 Å². The van der Waals surface area contributed by atoms with E-state index in [9.17, 15) is 13.2 Å². The van der Waals surface area contributed by atoms with Gasteiger partial charge in [0.05, 0.1) is 6.10 Å². The summed E-state index contributed by atoms with van der Waals surface area (Å²) in [5, 5.41) is 0. The Kier molecular flexibility index (Phi) is 5.07. The number of hydrogen-bond acceptors (Lipinski definition) is 2. The highest BCUT2D eigenvalue weighted by molar-refractivity contribution is 9.09. The van der Waals surface area contributed by atoms with Crippen LogP contribution in [-0.4, -0.2) is 48.8 Å². The summed E-state index contributed by atoms with van der Waals surface area (Å²) in [5.41, 5.74) is 0. The minimum atomic E-state index is -4.17. The van der Waals surface area contributed by atoms with Crippen molar-refractivity contribution in [2.75, 3.05) is 26.7 Å². The number of likely N-dealkylation sites (tertiary alicyclic amines) is 1. The summed E-state index contributed by atoms with van der Waals surface area (Å²) in [5.74, 6) is 0.418. The van der Waals surface area contributed by atoms with E-state index < -0.39 is 11.0 Å². The number of hydrogen-bond donors (Lipinski definition) is 0. The van der Waals surface area contributed by atoms with Gasteiger partial charge in [0, 0.05) is 20.2 Å². The van der Waals surface area contributed by atoms with Gasteiger partial charge >= 0.3 is 6.18 Å². The summed E-state index contributed by atoms with van der Waals surface area (Å²) >= 11 is 2.68. The molecule has 1 fully saturated rings. The lowest BCUT2D eigenvalue weighted by atomic mass is 9.96. The van der Waals surface area contributed by atoms with Gasteiger partial charge in [-0.25, -0.2) is 0 Å². The first-order valence-electron chi connectivity index (χ1n) is 5.30. The van der Waals surface area contributed by atoms with Crippen LogP contribution in [0.15, 0.2) is 0 Å². The molecule has 0 aromatic heterocycles. The maximum absolute atomic E-state index is 12.4. The van der Waals surface area contributed by atoms with Crippen molar-refractivity contribution in [2.24, 2.45) is 5.92 Å². The third-order valence-electron chi connectivity index (χ3n) is 3.05. The minimum absolute atomic E-state index is 0.00389. The molecule has 0 aromatic carbocycles. The zero-order valence-corrected chi connectivity index (χ0v) is 11.0. The number of alkyl halides is 4. The predicted molar refractivity (Wildman–Crippen MR) is 59.8 cm³/mol. The first kappa shape index (κ1) is 14.3. The van der Waals surface area contributed by atoms with E-state index in [1.165, 1.54) is 0 Å². The molecule has 0 bridgehead atoms. The number of piperidine rings is 1. The van der Waals surface area contributed by atoms with Gasteiger partial charge in [-0.3, -0.25) is 4.90 Å². The Morgan fingerprint density at radius 3 is 2.62 bits per heavy atom. The topological polar surface area (TPSA) is 12.5 Å². The summed E-state index contributed by atoms with van der Waals surface area (Å²) in [6.45, 7) is 3.35. The van der Waals surface area contributed by atoms with Crippen LogP contribution in [0.1, 0.15) is 13.3 Å². The van der Waals surface area contributed by atoms with E-state index in [2.05, 4.69) is 22.9 Å². The molecule has 1 aliphatic heterocycles. The summed E-state index contributed by atoms with van der Waals surface area (Å²) in [7, 11) is 1.61. The number of nitrogens with zero attached hydrogens (tertiary/aromatic N) is 1. The Balaban J connectivity index is 2.44. The first-order chi connectivity index (χ1) is 7.34. The van der Waals surface area contributed by atoms with Gasteiger partial charge in [-0.15, -0.1) is 0 Å². The van der Waals surface area contributed by atoms with Crippen LogP contribution in [0.3, 0.4) is 0 Å². The molecule has 0 saturated carbocycles. The summed E-state index contributed by atoms with van der Waals surface area (Å²) < 4.78 is 42.3. The average molecular weight is 304 g/mol. The largest absolute Gasteiger partial charge is 0.402 e. The lowest BCUT2D eigenvalue weighted by molar-refractivity contribution is -0.133. The minimum Gasteiger partial charge on any atom is -0.380 e. The third kappa shape index (κ3) is 3.89. The molecule has 6 heteroatoms. The summed E-state index contributed by atoms with van der Waals surface area (Å²) in [6.07, 6.45) is -3.25. The van der Waals surface area contributed by atoms with E-state index in [1.54, 1.807) is 12.0 Å². The lowest BCUT2D eigenvalue weighted by Crippen LogP contribution is -2.47. The van der Waals surface area contributed by atoms with E-state index in [1.807, 2.05) is 0 Å². The van der Waals surface area contributed by atoms with Crippen LogP contribution in [0.5, 0.6) is 0 Å². The first-order valence-corrected chi connectivity index (χ1v) is 6.22. The van der Waals surface area contributed by atoms with Gasteiger partial charge < -0.3 is 4.74 Å². The van der Waals surface area contributed by atoms with Gasteiger partial charge in [0.2, 0.25) is 0 Å². The monoisotopic (exact) mass is 303 g/mol. The maximum atomic E-state index is 12.4. The Morgan fingerprint density at radius 2 is 2.12 bits per heavy atom. The predicted octanol–water partition coefficient (Wildman–Crippen LogP) is 2.67. The van der Waals surface area contributed by atoms with Crippen LogP contribution in [0.25, 0.3) is 0 Å². The van der Waals surface area contributed by atoms with Crippen molar-refractivity contribution in [1.29, 1.82) is 0 Å². The van der Waals surface area contributed by atoms with E-state index in [0.29, 0.717) is 19.0 Å². The van der Waals surface area contributed by atoms with Crippen LogP contribution >= 0.6 is 15.9 Å². The van der Waals surface area contributed by atoms with Crippen LogP contribution < -0.4 is 0 Å². The highest BCUT2D eigenvalue weighted by Gasteiger charge is 2.39. The van der Waals surface area contributed by atoms with Crippen LogP contribution in [0, 0.1) is 5.92 Å². The molecule has 1 aliphatic rings. The Morgan fingerprint density at radius 1 is 1.50 bits per heavy atom. The Bertz CT molecular complexity index is 225. The van der Waals surface area contributed by atoms with E-state index >= 15 is 0 Å². The number of methoxy groups -OCH3 is 1. The van der Waals surface area contributed by atoms with Crippen LogP contribution in [-0.2, 0) is 4.74 Å². The van der Waals surface area contributed by atoms with Crippen LogP contribution in [0.2, 0.25) is 0 Å². The van der Waals surface area contributed by atoms with Gasteiger partial charge in [-0.05, 0) is 18.9 Å². The molecular formula is C10H17BrF3NO. The number of halogens is 4. The fourth-order valence-corrected chi connectivity index (χ4v) is 2.31. The molecule has 3 atom stereocenters. The molecule has 0 amide bonds. The molecule has 0 spiro atoms. The molecule has 0 radical (unpaired) electrons. The highest BCUT2D eigenvalue weighted by atomic mass is 79.9. The molecule has 16 heavy (non-hydrogen) atoms. The lowest BCUT2D eigenvalue weighted by Gasteiger charge is -2.37. The molecule has 1 heterocycles. The van der Waals surface area contributed by atoms with Gasteiger partial charge in [0.25, 0.3) is 0 Å². The number of rotatable bonds is 3. The molecular weight excluding hydrogens is 287 g/mol. The van der Waals surface area contributed by atoms with Gasteiger partial charge in [-0.1, -0.05) is 22.9 Å². The van der Waals surface area contributed by atoms with Crippen molar-refractivity contribution < 1.29 is 17.9 Å². The second-order valence-corrected chi connectivity index (χ2v) is 5.41. The Hall–Kier alpha value is 0.190. The zero-order chi connectivity index (χ0) is 12.3. The van der Waals surface area contributed by atoms with Gasteiger partial charge in [-0.2, -0.15) is 13.2 Å². The van der Waals surface area contributed by atoms with Crippen molar-refractivity contribution in [2.45, 2.75) is 30.5 Å². The quantitative estimate of drug-likeness (QED) is 0.743. The summed E-state index contributed by atoms with van der Waals surface area (Å²) in [6, 6.07) is 0. The third-order valence-corrected chi connectivity index (χ3v) is 3.86. The van der Waals surface area contributed by atoms with E-state index in [0.717, 1.165) is 6.42 Å². The second kappa shape index (κ2) is 5.69. The summed E-state index contributed by atoms with van der Waals surface area (Å²) in [4.78, 5) is 0.354. The van der Waals surface area contributed by atoms with Crippen molar-refractivity contribution in [3.05, 3.63) is 0 Å². The molecule has 96 valence electrons. The molecule has 2 nitrogen and oxygen atoms in total. The molecule has 1 rings (SSSR count). The van der Waals surface area contributed by atoms with Gasteiger partial charge in [0.1, 0.15) is 4.83 Å². The highest BCUT2D eigenvalue weighted by Crippen LogP contribution is 2.28. The average Bonchev–Trinajstić information content (AvgIpc) is 2.19. The zero-order valence-electron chi connectivity index (χ0n) is 9.43. The smallest absolute Gasteiger partial charge is 0.380 e. The molecule has 0 aromatic rings. The van der Waals surface area contributed by atoms with Crippen LogP contribution in [0.4, 0.5) is 13.2 Å². The fourth-order valence-electron chi connectivity index (χ4n) is 1.90. The molecule has 0 aliphatic carbocycles. The van der Waals surface area contributed by atoms with Crippen molar-refractivity contribution in [3.63, 3.8) is 0 Å². The van der Waals surface area contributed by atoms with Crippen molar-refractivity contribution in [1.82, 2.24) is 4.90 Å². The molecule has 1 saturated heterocycles. The van der Waals surface area contributed by atoms with Crippen molar-refractivity contribution >= 4 is 15.9 Å². The molecule has 3 unspecified atom stereocenters.